The Hall–Kier alpha value is -2.87. The van der Waals surface area contributed by atoms with Crippen molar-refractivity contribution in [2.45, 2.75) is 18.6 Å². The quantitative estimate of drug-likeness (QED) is 0.682. The van der Waals surface area contributed by atoms with E-state index in [1.165, 1.54) is 23.9 Å². The number of rotatable bonds is 5. The molecule has 4 rings (SSSR count). The standard InChI is InChI=1S/C19H18FN5OS/c1-13-2-6-15(7-3-13)21-17(26)12-27-19-23-22-18-24(10-11-25(18)19)16-8-4-14(20)5-9-16/h2-9H,10-12H2,1H3,(H,21,26). The number of thioether (sulfide) groups is 1. The molecule has 0 fully saturated rings. The van der Waals surface area contributed by atoms with Gasteiger partial charge in [-0.2, -0.15) is 0 Å². The summed E-state index contributed by atoms with van der Waals surface area (Å²) in [6, 6.07) is 14.0. The first-order chi connectivity index (χ1) is 13.1. The highest BCUT2D eigenvalue weighted by Gasteiger charge is 2.26. The van der Waals surface area contributed by atoms with E-state index in [1.807, 2.05) is 40.7 Å². The summed E-state index contributed by atoms with van der Waals surface area (Å²) in [5, 5.41) is 12.0. The SMILES string of the molecule is Cc1ccc(NC(=O)CSc2nnc3n2CCN3c2ccc(F)cc2)cc1. The number of nitrogens with one attached hydrogen (secondary N) is 1. The lowest BCUT2D eigenvalue weighted by Crippen LogP contribution is -2.14. The third kappa shape index (κ3) is 3.80. The summed E-state index contributed by atoms with van der Waals surface area (Å²) in [5.41, 5.74) is 2.79. The van der Waals surface area contributed by atoms with Gasteiger partial charge in [-0.1, -0.05) is 29.5 Å². The molecule has 27 heavy (non-hydrogen) atoms. The monoisotopic (exact) mass is 383 g/mol. The number of amides is 1. The van der Waals surface area contributed by atoms with Gasteiger partial charge in [-0.3, -0.25) is 9.36 Å². The molecular weight excluding hydrogens is 365 g/mol. The van der Waals surface area contributed by atoms with Gasteiger partial charge < -0.3 is 10.2 Å². The van der Waals surface area contributed by atoms with E-state index in [0.29, 0.717) is 11.1 Å². The van der Waals surface area contributed by atoms with Crippen LogP contribution in [0.5, 0.6) is 0 Å². The van der Waals surface area contributed by atoms with Crippen LogP contribution in [0.2, 0.25) is 0 Å². The highest BCUT2D eigenvalue weighted by Crippen LogP contribution is 2.32. The number of aryl methyl sites for hydroxylation is 1. The van der Waals surface area contributed by atoms with Crippen LogP contribution < -0.4 is 10.2 Å². The van der Waals surface area contributed by atoms with Crippen molar-refractivity contribution in [1.29, 1.82) is 0 Å². The fraction of sp³-hybridized carbons (Fsp3) is 0.211. The molecule has 6 nitrogen and oxygen atoms in total. The van der Waals surface area contributed by atoms with Crippen molar-refractivity contribution < 1.29 is 9.18 Å². The molecule has 0 spiro atoms. The van der Waals surface area contributed by atoms with Crippen LogP contribution in [-0.2, 0) is 11.3 Å². The fourth-order valence-electron chi connectivity index (χ4n) is 2.91. The molecule has 1 aliphatic heterocycles. The first-order valence-corrected chi connectivity index (χ1v) is 9.54. The van der Waals surface area contributed by atoms with E-state index in [1.54, 1.807) is 12.1 Å². The number of carbonyl (C=O) groups is 1. The van der Waals surface area contributed by atoms with Gasteiger partial charge in [0.1, 0.15) is 5.82 Å². The summed E-state index contributed by atoms with van der Waals surface area (Å²) in [4.78, 5) is 14.2. The average Bonchev–Trinajstić information content (AvgIpc) is 3.25. The Morgan fingerprint density at radius 3 is 2.59 bits per heavy atom. The maximum Gasteiger partial charge on any atom is 0.234 e. The molecule has 1 N–H and O–H groups in total. The van der Waals surface area contributed by atoms with Gasteiger partial charge in [0.15, 0.2) is 5.16 Å². The van der Waals surface area contributed by atoms with Gasteiger partial charge in [0.05, 0.1) is 5.75 Å². The summed E-state index contributed by atoms with van der Waals surface area (Å²) < 4.78 is 15.1. The Labute approximate surface area is 160 Å². The van der Waals surface area contributed by atoms with Gasteiger partial charge >= 0.3 is 0 Å². The van der Waals surface area contributed by atoms with E-state index in [-0.39, 0.29) is 17.5 Å². The maximum absolute atomic E-state index is 13.1. The van der Waals surface area contributed by atoms with Crippen LogP contribution in [-0.4, -0.2) is 33.0 Å². The zero-order valence-electron chi connectivity index (χ0n) is 14.7. The second kappa shape index (κ2) is 7.40. The average molecular weight is 383 g/mol. The Balaban J connectivity index is 1.40. The maximum atomic E-state index is 13.1. The summed E-state index contributed by atoms with van der Waals surface area (Å²) in [7, 11) is 0. The normalized spacial score (nSPS) is 12.9. The Morgan fingerprint density at radius 2 is 1.85 bits per heavy atom. The molecule has 0 aliphatic carbocycles. The smallest absolute Gasteiger partial charge is 0.234 e. The van der Waals surface area contributed by atoms with Gasteiger partial charge in [0, 0.05) is 24.5 Å². The number of carbonyl (C=O) groups excluding carboxylic acids is 1. The van der Waals surface area contributed by atoms with E-state index < -0.39 is 0 Å². The number of halogens is 1. The van der Waals surface area contributed by atoms with Gasteiger partial charge in [0.2, 0.25) is 11.9 Å². The number of anilines is 3. The molecule has 0 bridgehead atoms. The minimum Gasteiger partial charge on any atom is -0.325 e. The summed E-state index contributed by atoms with van der Waals surface area (Å²) in [6.07, 6.45) is 0. The second-order valence-electron chi connectivity index (χ2n) is 6.27. The largest absolute Gasteiger partial charge is 0.325 e. The van der Waals surface area contributed by atoms with E-state index in [9.17, 15) is 9.18 Å². The van der Waals surface area contributed by atoms with Gasteiger partial charge in [-0.25, -0.2) is 4.39 Å². The Morgan fingerprint density at radius 1 is 1.11 bits per heavy atom. The zero-order chi connectivity index (χ0) is 18.8. The van der Waals surface area contributed by atoms with Crippen molar-refractivity contribution in [1.82, 2.24) is 14.8 Å². The van der Waals surface area contributed by atoms with Crippen molar-refractivity contribution in [2.24, 2.45) is 0 Å². The van der Waals surface area contributed by atoms with Crippen LogP contribution in [0.4, 0.5) is 21.7 Å². The molecule has 0 saturated carbocycles. The molecule has 0 radical (unpaired) electrons. The molecule has 0 atom stereocenters. The van der Waals surface area contributed by atoms with Crippen LogP contribution in [0.15, 0.2) is 53.7 Å². The molecule has 3 aromatic rings. The lowest BCUT2D eigenvalue weighted by Gasteiger charge is -2.14. The van der Waals surface area contributed by atoms with Crippen molar-refractivity contribution >= 4 is 35.0 Å². The number of fused-ring (bicyclic) bond motifs is 1. The Bertz CT molecular complexity index is 955. The van der Waals surface area contributed by atoms with Crippen LogP contribution in [0.25, 0.3) is 0 Å². The molecule has 8 heteroatoms. The van der Waals surface area contributed by atoms with Crippen molar-refractivity contribution in [2.75, 3.05) is 22.5 Å². The number of aromatic nitrogens is 3. The molecule has 0 saturated heterocycles. The van der Waals surface area contributed by atoms with E-state index in [4.69, 9.17) is 0 Å². The van der Waals surface area contributed by atoms with E-state index >= 15 is 0 Å². The van der Waals surface area contributed by atoms with Gasteiger partial charge in [-0.05, 0) is 43.3 Å². The summed E-state index contributed by atoms with van der Waals surface area (Å²) in [6.45, 7) is 3.46. The van der Waals surface area contributed by atoms with Crippen LogP contribution >= 0.6 is 11.8 Å². The van der Waals surface area contributed by atoms with E-state index in [0.717, 1.165) is 30.0 Å². The highest BCUT2D eigenvalue weighted by atomic mass is 32.2. The van der Waals surface area contributed by atoms with E-state index in [2.05, 4.69) is 15.5 Å². The summed E-state index contributed by atoms with van der Waals surface area (Å²) >= 11 is 1.35. The van der Waals surface area contributed by atoms with Crippen molar-refractivity contribution in [3.05, 3.63) is 59.9 Å². The first kappa shape index (κ1) is 17.5. The second-order valence-corrected chi connectivity index (χ2v) is 7.21. The highest BCUT2D eigenvalue weighted by molar-refractivity contribution is 7.99. The third-order valence-corrected chi connectivity index (χ3v) is 5.26. The van der Waals surface area contributed by atoms with Gasteiger partial charge in [-0.15, -0.1) is 10.2 Å². The third-order valence-electron chi connectivity index (χ3n) is 4.29. The molecule has 2 aromatic carbocycles. The van der Waals surface area contributed by atoms with Gasteiger partial charge in [0.25, 0.3) is 0 Å². The van der Waals surface area contributed by atoms with Crippen LogP contribution in [0.3, 0.4) is 0 Å². The zero-order valence-corrected chi connectivity index (χ0v) is 15.5. The molecule has 1 aliphatic rings. The molecule has 2 heterocycles. The number of nitrogens with zero attached hydrogens (tertiary/aromatic N) is 4. The Kier molecular flexibility index (Phi) is 4.81. The van der Waals surface area contributed by atoms with Crippen LogP contribution in [0, 0.1) is 12.7 Å². The fourth-order valence-corrected chi connectivity index (χ4v) is 3.67. The number of hydrogen-bond donors (Lipinski definition) is 1. The number of benzene rings is 2. The van der Waals surface area contributed by atoms with Crippen LogP contribution in [0.1, 0.15) is 5.56 Å². The molecule has 0 unspecified atom stereocenters. The minimum atomic E-state index is -0.268. The molecular formula is C19H18FN5OS. The molecule has 138 valence electrons. The number of hydrogen-bond acceptors (Lipinski definition) is 5. The van der Waals surface area contributed by atoms with Crippen molar-refractivity contribution in [3.63, 3.8) is 0 Å². The predicted octanol–water partition coefficient (Wildman–Crippen LogP) is 3.61. The predicted molar refractivity (Wildman–Crippen MR) is 104 cm³/mol. The first-order valence-electron chi connectivity index (χ1n) is 8.56. The van der Waals surface area contributed by atoms with Crippen molar-refractivity contribution in [3.8, 4) is 0 Å². The summed E-state index contributed by atoms with van der Waals surface area (Å²) in [5.74, 6) is 0.607. The minimum absolute atomic E-state index is 0.0883. The topological polar surface area (TPSA) is 63.1 Å². The lowest BCUT2D eigenvalue weighted by molar-refractivity contribution is -0.113. The molecule has 1 amide bonds. The lowest BCUT2D eigenvalue weighted by atomic mass is 10.2. The molecule has 1 aromatic heterocycles.